The van der Waals surface area contributed by atoms with Crippen LogP contribution in [0, 0.1) is 5.41 Å². The summed E-state index contributed by atoms with van der Waals surface area (Å²) in [5, 5.41) is 3.97. The first-order valence-electron chi connectivity index (χ1n) is 6.16. The largest absolute Gasteiger partial charge is 0.378 e. The highest BCUT2D eigenvalue weighted by molar-refractivity contribution is 4.97. The van der Waals surface area contributed by atoms with Crippen LogP contribution >= 0.6 is 0 Å². The normalized spacial score (nSPS) is 22.9. The minimum atomic E-state index is -0.228. The highest BCUT2D eigenvalue weighted by atomic mass is 16.5. The van der Waals surface area contributed by atoms with E-state index in [0.29, 0.717) is 11.7 Å². The molecule has 17 heavy (non-hydrogen) atoms. The van der Waals surface area contributed by atoms with Gasteiger partial charge in [0.1, 0.15) is 0 Å². The molecular weight excluding hydrogens is 218 g/mol. The molecule has 5 nitrogen and oxygen atoms in total. The van der Waals surface area contributed by atoms with Gasteiger partial charge in [0.25, 0.3) is 0 Å². The zero-order valence-electron chi connectivity index (χ0n) is 10.8. The lowest BCUT2D eigenvalue weighted by Gasteiger charge is -2.23. The lowest BCUT2D eigenvalue weighted by atomic mass is 9.87. The summed E-state index contributed by atoms with van der Waals surface area (Å²) >= 11 is 0. The molecule has 5 heteroatoms. The van der Waals surface area contributed by atoms with Crippen molar-refractivity contribution in [1.29, 1.82) is 0 Å². The first-order chi connectivity index (χ1) is 7.97. The van der Waals surface area contributed by atoms with Crippen molar-refractivity contribution in [3.05, 3.63) is 11.7 Å². The van der Waals surface area contributed by atoms with Gasteiger partial charge < -0.3 is 15.0 Å². The maximum Gasteiger partial charge on any atom is 0.244 e. The third kappa shape index (κ3) is 3.04. The van der Waals surface area contributed by atoms with Crippen molar-refractivity contribution in [1.82, 2.24) is 10.1 Å². The van der Waals surface area contributed by atoms with Crippen molar-refractivity contribution in [2.45, 2.75) is 52.2 Å². The second-order valence-corrected chi connectivity index (χ2v) is 5.73. The minimum absolute atomic E-state index is 0.0757. The average Bonchev–Trinajstić information content (AvgIpc) is 2.87. The summed E-state index contributed by atoms with van der Waals surface area (Å²) in [6.07, 6.45) is 3.17. The standard InChI is InChI=1S/C12H21N3O2/c1-12(2,3)10(13)11-14-9(15-17-11)7-8-5-4-6-16-8/h8,10H,4-7,13H2,1-3H3/t8?,10-/m1/s1. The first-order valence-corrected chi connectivity index (χ1v) is 6.16. The fourth-order valence-electron chi connectivity index (χ4n) is 1.86. The Bertz CT molecular complexity index is 364. The van der Waals surface area contributed by atoms with E-state index < -0.39 is 0 Å². The van der Waals surface area contributed by atoms with Crippen molar-refractivity contribution in [2.24, 2.45) is 11.1 Å². The molecule has 0 aliphatic carbocycles. The van der Waals surface area contributed by atoms with Gasteiger partial charge in [-0.2, -0.15) is 4.98 Å². The third-order valence-corrected chi connectivity index (χ3v) is 3.12. The van der Waals surface area contributed by atoms with E-state index in [2.05, 4.69) is 30.9 Å². The Balaban J connectivity index is 2.00. The molecule has 0 amide bonds. The van der Waals surface area contributed by atoms with Crippen molar-refractivity contribution in [3.63, 3.8) is 0 Å². The van der Waals surface area contributed by atoms with Gasteiger partial charge in [-0.15, -0.1) is 0 Å². The van der Waals surface area contributed by atoms with Crippen LogP contribution in [0.2, 0.25) is 0 Å². The molecule has 1 aromatic rings. The molecule has 1 aromatic heterocycles. The van der Waals surface area contributed by atoms with Crippen LogP contribution in [0.4, 0.5) is 0 Å². The SMILES string of the molecule is CC(C)(C)[C@H](N)c1nc(CC2CCCO2)no1. The highest BCUT2D eigenvalue weighted by Gasteiger charge is 2.28. The molecule has 1 unspecified atom stereocenters. The molecule has 2 N–H and O–H groups in total. The molecule has 0 saturated carbocycles. The number of nitrogens with zero attached hydrogens (tertiary/aromatic N) is 2. The number of ether oxygens (including phenoxy) is 1. The van der Waals surface area contributed by atoms with E-state index in [-0.39, 0.29) is 17.6 Å². The van der Waals surface area contributed by atoms with Crippen molar-refractivity contribution in [2.75, 3.05) is 6.61 Å². The maximum absolute atomic E-state index is 6.07. The van der Waals surface area contributed by atoms with Crippen LogP contribution in [0.15, 0.2) is 4.52 Å². The van der Waals surface area contributed by atoms with Crippen LogP contribution in [0.1, 0.15) is 51.4 Å². The topological polar surface area (TPSA) is 74.2 Å². The Hall–Kier alpha value is -0.940. The second-order valence-electron chi connectivity index (χ2n) is 5.73. The minimum Gasteiger partial charge on any atom is -0.378 e. The Labute approximate surface area is 102 Å². The van der Waals surface area contributed by atoms with Crippen molar-refractivity contribution >= 4 is 0 Å². The van der Waals surface area contributed by atoms with Crippen LogP contribution < -0.4 is 5.73 Å². The smallest absolute Gasteiger partial charge is 0.244 e. The van der Waals surface area contributed by atoms with Gasteiger partial charge in [0, 0.05) is 13.0 Å². The number of rotatable bonds is 3. The molecule has 96 valence electrons. The Morgan fingerprint density at radius 1 is 1.47 bits per heavy atom. The van der Waals surface area contributed by atoms with Crippen LogP contribution in [0.3, 0.4) is 0 Å². The monoisotopic (exact) mass is 239 g/mol. The second kappa shape index (κ2) is 4.74. The molecule has 1 aliphatic rings. The van der Waals surface area contributed by atoms with E-state index in [1.165, 1.54) is 0 Å². The maximum atomic E-state index is 6.07. The predicted molar refractivity (Wildman–Crippen MR) is 63.4 cm³/mol. The van der Waals surface area contributed by atoms with Gasteiger partial charge >= 0.3 is 0 Å². The van der Waals surface area contributed by atoms with Gasteiger partial charge in [-0.25, -0.2) is 0 Å². The fourth-order valence-corrected chi connectivity index (χ4v) is 1.86. The molecule has 0 aromatic carbocycles. The zero-order valence-corrected chi connectivity index (χ0v) is 10.8. The van der Waals surface area contributed by atoms with Gasteiger partial charge in [-0.05, 0) is 18.3 Å². The summed E-state index contributed by atoms with van der Waals surface area (Å²) in [7, 11) is 0. The summed E-state index contributed by atoms with van der Waals surface area (Å²) in [5.41, 5.74) is 5.99. The summed E-state index contributed by atoms with van der Waals surface area (Å²) in [6, 6.07) is -0.228. The Kier molecular flexibility index (Phi) is 3.49. The molecule has 1 fully saturated rings. The first kappa shape index (κ1) is 12.5. The fraction of sp³-hybridized carbons (Fsp3) is 0.833. The molecule has 2 atom stereocenters. The average molecular weight is 239 g/mol. The van der Waals surface area contributed by atoms with Crippen molar-refractivity contribution in [3.8, 4) is 0 Å². The van der Waals surface area contributed by atoms with E-state index in [1.54, 1.807) is 0 Å². The van der Waals surface area contributed by atoms with Crippen LogP contribution in [-0.2, 0) is 11.2 Å². The van der Waals surface area contributed by atoms with Gasteiger partial charge in [-0.1, -0.05) is 25.9 Å². The Morgan fingerprint density at radius 2 is 2.24 bits per heavy atom. The quantitative estimate of drug-likeness (QED) is 0.871. The summed E-state index contributed by atoms with van der Waals surface area (Å²) in [5.74, 6) is 1.22. The molecule has 0 radical (unpaired) electrons. The van der Waals surface area contributed by atoms with Gasteiger partial charge in [0.05, 0.1) is 12.1 Å². The van der Waals surface area contributed by atoms with E-state index in [9.17, 15) is 0 Å². The van der Waals surface area contributed by atoms with Gasteiger partial charge in [-0.3, -0.25) is 0 Å². The molecular formula is C12H21N3O2. The van der Waals surface area contributed by atoms with Crippen LogP contribution in [0.25, 0.3) is 0 Å². The number of hydrogen-bond acceptors (Lipinski definition) is 5. The molecule has 2 rings (SSSR count). The summed E-state index contributed by atoms with van der Waals surface area (Å²) < 4.78 is 10.8. The number of nitrogens with two attached hydrogens (primary N) is 1. The number of aromatic nitrogens is 2. The van der Waals surface area contributed by atoms with Gasteiger partial charge in [0.2, 0.25) is 5.89 Å². The summed E-state index contributed by atoms with van der Waals surface area (Å²) in [4.78, 5) is 4.36. The molecule has 0 spiro atoms. The molecule has 2 heterocycles. The highest BCUT2D eigenvalue weighted by Crippen LogP contribution is 2.29. The molecule has 1 saturated heterocycles. The van der Waals surface area contributed by atoms with Gasteiger partial charge in [0.15, 0.2) is 5.82 Å². The number of hydrogen-bond donors (Lipinski definition) is 1. The molecule has 0 bridgehead atoms. The predicted octanol–water partition coefficient (Wildman–Crippen LogP) is 1.84. The van der Waals surface area contributed by atoms with Crippen LogP contribution in [0.5, 0.6) is 0 Å². The summed E-state index contributed by atoms with van der Waals surface area (Å²) in [6.45, 7) is 7.02. The lowest BCUT2D eigenvalue weighted by Crippen LogP contribution is -2.26. The third-order valence-electron chi connectivity index (χ3n) is 3.12. The lowest BCUT2D eigenvalue weighted by molar-refractivity contribution is 0.109. The Morgan fingerprint density at radius 3 is 2.82 bits per heavy atom. The van der Waals surface area contributed by atoms with E-state index >= 15 is 0 Å². The van der Waals surface area contributed by atoms with E-state index in [1.807, 2.05) is 0 Å². The molecule has 1 aliphatic heterocycles. The van der Waals surface area contributed by atoms with E-state index in [0.717, 1.165) is 25.9 Å². The van der Waals surface area contributed by atoms with Crippen LogP contribution in [-0.4, -0.2) is 22.9 Å². The van der Waals surface area contributed by atoms with Crippen molar-refractivity contribution < 1.29 is 9.26 Å². The zero-order chi connectivity index (χ0) is 12.5. The van der Waals surface area contributed by atoms with E-state index in [4.69, 9.17) is 15.0 Å².